The van der Waals surface area contributed by atoms with Crippen LogP contribution in [0.15, 0.2) is 36.5 Å². The first kappa shape index (κ1) is 17.4. The monoisotopic (exact) mass is 338 g/mol. The lowest BCUT2D eigenvalue weighted by molar-refractivity contribution is 0.198. The number of nitrogens with zero attached hydrogens (tertiary/aromatic N) is 2. The van der Waals surface area contributed by atoms with E-state index in [1.807, 2.05) is 12.3 Å². The van der Waals surface area contributed by atoms with Crippen LogP contribution in [0.1, 0.15) is 55.3 Å². The molecule has 1 aliphatic carbocycles. The lowest BCUT2D eigenvalue weighted by Crippen LogP contribution is -2.19. The van der Waals surface area contributed by atoms with Crippen molar-refractivity contribution in [3.05, 3.63) is 59.2 Å². The quantitative estimate of drug-likeness (QED) is 0.770. The second kappa shape index (κ2) is 8.11. The molecule has 2 aromatic rings. The molecular weight excluding hydrogens is 315 g/mol. The van der Waals surface area contributed by atoms with Gasteiger partial charge in [0.2, 0.25) is 0 Å². The second-order valence-corrected chi connectivity index (χ2v) is 6.73. The lowest BCUT2D eigenvalue weighted by Gasteiger charge is -2.28. The van der Waals surface area contributed by atoms with Crippen LogP contribution in [0.25, 0.3) is 0 Å². The molecule has 1 aliphatic rings. The van der Waals surface area contributed by atoms with Crippen molar-refractivity contribution in [3.8, 4) is 11.8 Å². The summed E-state index contributed by atoms with van der Waals surface area (Å²) < 4.78 is 19.3. The highest BCUT2D eigenvalue weighted by molar-refractivity contribution is 5.36. The molecule has 0 bridgehead atoms. The Labute approximate surface area is 148 Å². The van der Waals surface area contributed by atoms with Gasteiger partial charge in [0.15, 0.2) is 0 Å². The van der Waals surface area contributed by atoms with Crippen molar-refractivity contribution in [1.29, 1.82) is 5.26 Å². The Hall–Kier alpha value is -2.41. The molecule has 25 heavy (non-hydrogen) atoms. The van der Waals surface area contributed by atoms with E-state index in [1.165, 1.54) is 23.4 Å². The van der Waals surface area contributed by atoms with E-state index in [-0.39, 0.29) is 5.56 Å². The molecule has 4 heteroatoms. The molecule has 0 N–H and O–H groups in total. The third-order valence-corrected chi connectivity index (χ3v) is 5.07. The van der Waals surface area contributed by atoms with Crippen molar-refractivity contribution in [2.24, 2.45) is 5.92 Å². The van der Waals surface area contributed by atoms with Gasteiger partial charge in [-0.1, -0.05) is 13.0 Å². The SMILES string of the molecule is CCc1ccc(C2CCC(COc3ccc(C#N)c(F)c3)CC2)nc1. The van der Waals surface area contributed by atoms with Crippen LogP contribution in [0.3, 0.4) is 0 Å². The maximum atomic E-state index is 13.6. The Morgan fingerprint density at radius 3 is 2.60 bits per heavy atom. The molecule has 0 unspecified atom stereocenters. The highest BCUT2D eigenvalue weighted by atomic mass is 19.1. The largest absolute Gasteiger partial charge is 0.493 e. The Kier molecular flexibility index (Phi) is 5.65. The van der Waals surface area contributed by atoms with E-state index < -0.39 is 5.82 Å². The van der Waals surface area contributed by atoms with Gasteiger partial charge in [-0.2, -0.15) is 5.26 Å². The zero-order chi connectivity index (χ0) is 17.6. The lowest BCUT2D eigenvalue weighted by atomic mass is 9.80. The Bertz CT molecular complexity index is 743. The molecule has 1 aromatic carbocycles. The molecule has 0 spiro atoms. The van der Waals surface area contributed by atoms with Crippen LogP contribution in [-0.2, 0) is 6.42 Å². The van der Waals surface area contributed by atoms with Crippen molar-refractivity contribution in [2.75, 3.05) is 6.61 Å². The van der Waals surface area contributed by atoms with Gasteiger partial charge in [0.25, 0.3) is 0 Å². The van der Waals surface area contributed by atoms with Crippen LogP contribution < -0.4 is 4.74 Å². The molecule has 1 heterocycles. The minimum absolute atomic E-state index is 0.0504. The summed E-state index contributed by atoms with van der Waals surface area (Å²) >= 11 is 0. The second-order valence-electron chi connectivity index (χ2n) is 6.73. The number of hydrogen-bond donors (Lipinski definition) is 0. The number of aromatic nitrogens is 1. The number of halogens is 1. The topological polar surface area (TPSA) is 45.9 Å². The summed E-state index contributed by atoms with van der Waals surface area (Å²) in [6, 6.07) is 10.6. The first-order valence-electron chi connectivity index (χ1n) is 8.97. The van der Waals surface area contributed by atoms with E-state index in [1.54, 1.807) is 6.07 Å². The normalized spacial score (nSPS) is 20.0. The number of nitriles is 1. The van der Waals surface area contributed by atoms with E-state index in [0.717, 1.165) is 32.1 Å². The first-order chi connectivity index (χ1) is 12.2. The zero-order valence-corrected chi connectivity index (χ0v) is 14.5. The van der Waals surface area contributed by atoms with Crippen LogP contribution in [0.2, 0.25) is 0 Å². The molecule has 0 radical (unpaired) electrons. The van der Waals surface area contributed by atoms with Crippen LogP contribution in [-0.4, -0.2) is 11.6 Å². The van der Waals surface area contributed by atoms with Gasteiger partial charge in [-0.15, -0.1) is 0 Å². The van der Waals surface area contributed by atoms with Crippen molar-refractivity contribution in [1.82, 2.24) is 4.98 Å². The van der Waals surface area contributed by atoms with E-state index >= 15 is 0 Å². The molecule has 0 amide bonds. The van der Waals surface area contributed by atoms with Crippen LogP contribution >= 0.6 is 0 Å². The summed E-state index contributed by atoms with van der Waals surface area (Å²) in [7, 11) is 0. The van der Waals surface area contributed by atoms with Gasteiger partial charge in [0, 0.05) is 23.9 Å². The van der Waals surface area contributed by atoms with Crippen LogP contribution in [0.5, 0.6) is 5.75 Å². The molecule has 1 saturated carbocycles. The molecule has 0 aliphatic heterocycles. The van der Waals surface area contributed by atoms with Gasteiger partial charge < -0.3 is 4.74 Å². The van der Waals surface area contributed by atoms with E-state index in [9.17, 15) is 4.39 Å². The van der Waals surface area contributed by atoms with Gasteiger partial charge in [0.05, 0.1) is 12.2 Å². The number of benzene rings is 1. The Balaban J connectivity index is 1.49. The molecule has 0 saturated heterocycles. The third kappa shape index (κ3) is 4.36. The van der Waals surface area contributed by atoms with Crippen LogP contribution in [0.4, 0.5) is 4.39 Å². The van der Waals surface area contributed by atoms with Gasteiger partial charge in [-0.3, -0.25) is 4.98 Å². The molecule has 0 atom stereocenters. The molecule has 130 valence electrons. The third-order valence-electron chi connectivity index (χ3n) is 5.07. The first-order valence-corrected chi connectivity index (χ1v) is 8.97. The van der Waals surface area contributed by atoms with Crippen molar-refractivity contribution >= 4 is 0 Å². The highest BCUT2D eigenvalue weighted by Crippen LogP contribution is 2.35. The van der Waals surface area contributed by atoms with E-state index in [4.69, 9.17) is 10.00 Å². The molecule has 1 fully saturated rings. The number of pyridine rings is 1. The van der Waals surface area contributed by atoms with Gasteiger partial charge in [-0.05, 0) is 61.8 Å². The van der Waals surface area contributed by atoms with Crippen molar-refractivity contribution in [3.63, 3.8) is 0 Å². The number of aryl methyl sites for hydroxylation is 1. The Morgan fingerprint density at radius 2 is 2.00 bits per heavy atom. The standard InChI is InChI=1S/C21H23FN2O/c1-2-15-5-10-21(24-13-15)17-6-3-16(4-7-17)14-25-19-9-8-18(12-23)20(22)11-19/h5,8-11,13,16-17H,2-4,6-7,14H2,1H3. The van der Waals surface area contributed by atoms with E-state index in [2.05, 4.69) is 24.0 Å². The summed E-state index contributed by atoms with van der Waals surface area (Å²) in [5.41, 5.74) is 2.53. The minimum Gasteiger partial charge on any atom is -0.493 e. The predicted octanol–water partition coefficient (Wildman–Crippen LogP) is 5.01. The number of rotatable bonds is 5. The minimum atomic E-state index is -0.523. The van der Waals surface area contributed by atoms with E-state index in [0.29, 0.717) is 24.2 Å². The average Bonchev–Trinajstić information content (AvgIpc) is 2.67. The number of ether oxygens (including phenoxy) is 1. The van der Waals surface area contributed by atoms with Gasteiger partial charge >= 0.3 is 0 Å². The maximum Gasteiger partial charge on any atom is 0.144 e. The summed E-state index contributed by atoms with van der Waals surface area (Å²) in [6.45, 7) is 2.74. The molecule has 3 nitrogen and oxygen atoms in total. The summed E-state index contributed by atoms with van der Waals surface area (Å²) in [4.78, 5) is 4.62. The van der Waals surface area contributed by atoms with Crippen molar-refractivity contribution < 1.29 is 9.13 Å². The summed E-state index contributed by atoms with van der Waals surface area (Å²) in [5, 5.41) is 8.76. The Morgan fingerprint density at radius 1 is 1.20 bits per heavy atom. The molecule has 3 rings (SSSR count). The van der Waals surface area contributed by atoms with Crippen LogP contribution in [0, 0.1) is 23.1 Å². The summed E-state index contributed by atoms with van der Waals surface area (Å²) in [6.07, 6.45) is 7.45. The fraction of sp³-hybridized carbons (Fsp3) is 0.429. The zero-order valence-electron chi connectivity index (χ0n) is 14.5. The highest BCUT2D eigenvalue weighted by Gasteiger charge is 2.23. The van der Waals surface area contributed by atoms with Crippen molar-refractivity contribution in [2.45, 2.75) is 44.9 Å². The van der Waals surface area contributed by atoms with Gasteiger partial charge in [-0.25, -0.2) is 4.39 Å². The fourth-order valence-corrected chi connectivity index (χ4v) is 3.40. The van der Waals surface area contributed by atoms with Gasteiger partial charge in [0.1, 0.15) is 17.6 Å². The summed E-state index contributed by atoms with van der Waals surface area (Å²) in [5.74, 6) is 1.00. The maximum absolute atomic E-state index is 13.6. The number of hydrogen-bond acceptors (Lipinski definition) is 3. The average molecular weight is 338 g/mol. The molecular formula is C21H23FN2O. The molecule has 1 aromatic heterocycles. The smallest absolute Gasteiger partial charge is 0.144 e. The predicted molar refractivity (Wildman–Crippen MR) is 94.9 cm³/mol. The fourth-order valence-electron chi connectivity index (χ4n) is 3.40.